The lowest BCUT2D eigenvalue weighted by molar-refractivity contribution is 0.311. The lowest BCUT2D eigenvalue weighted by Crippen LogP contribution is -2.42. The number of benzene rings is 1. The van der Waals surface area contributed by atoms with Gasteiger partial charge in [-0.3, -0.25) is 5.73 Å². The monoisotopic (exact) mass is 273 g/mol. The van der Waals surface area contributed by atoms with Gasteiger partial charge in [0, 0.05) is 24.2 Å². The molecule has 1 unspecified atom stereocenters. The first kappa shape index (κ1) is 12.8. The topological polar surface area (TPSA) is 61.2 Å². The van der Waals surface area contributed by atoms with Gasteiger partial charge in [-0.1, -0.05) is 11.6 Å². The fraction of sp³-hybridized carbons (Fsp3) is 0.455. The molecule has 0 aromatic heterocycles. The van der Waals surface area contributed by atoms with E-state index in [1.807, 2.05) is 0 Å². The van der Waals surface area contributed by atoms with Gasteiger partial charge in [0.2, 0.25) is 10.0 Å². The minimum absolute atomic E-state index is 0.246. The highest BCUT2D eigenvalue weighted by atomic mass is 35.5. The lowest BCUT2D eigenvalue weighted by atomic mass is 10.1. The van der Waals surface area contributed by atoms with Crippen LogP contribution in [-0.4, -0.2) is 31.9 Å². The molecule has 2 rings (SSSR count). The van der Waals surface area contributed by atoms with Crippen LogP contribution < -0.4 is 5.73 Å². The summed E-state index contributed by atoms with van der Waals surface area (Å²) in [7, 11) is -3.46. The first-order valence-corrected chi connectivity index (χ1v) is 7.29. The molecule has 1 aliphatic rings. The molecule has 1 aliphatic heterocycles. The molecule has 1 atom stereocenters. The Labute approximate surface area is 106 Å². The number of hydrogen-bond donors (Lipinski definition) is 0. The molecule has 0 saturated carbocycles. The van der Waals surface area contributed by atoms with Crippen molar-refractivity contribution in [3.8, 4) is 0 Å². The second-order valence-corrected chi connectivity index (χ2v) is 6.53. The van der Waals surface area contributed by atoms with Gasteiger partial charge in [-0.2, -0.15) is 4.31 Å². The molecule has 4 nitrogen and oxygen atoms in total. The summed E-state index contributed by atoms with van der Waals surface area (Å²) in [5.41, 5.74) is 7.65. The van der Waals surface area contributed by atoms with E-state index in [-0.39, 0.29) is 17.5 Å². The SMILES string of the molecule is [NH]C1CCCN(S(=O)(=O)c2ccc(Cl)cc2)C1. The molecular weight excluding hydrogens is 260 g/mol. The van der Waals surface area contributed by atoms with Crippen molar-refractivity contribution >= 4 is 21.6 Å². The van der Waals surface area contributed by atoms with E-state index in [4.69, 9.17) is 17.3 Å². The zero-order valence-corrected chi connectivity index (χ0v) is 10.8. The van der Waals surface area contributed by atoms with Crippen LogP contribution in [0.5, 0.6) is 0 Å². The van der Waals surface area contributed by atoms with Crippen molar-refractivity contribution in [2.24, 2.45) is 0 Å². The van der Waals surface area contributed by atoms with E-state index in [0.717, 1.165) is 12.8 Å². The third-order valence-electron chi connectivity index (χ3n) is 2.84. The Bertz CT molecular complexity index is 487. The van der Waals surface area contributed by atoms with Crippen LogP contribution in [0, 0.1) is 0 Å². The minimum atomic E-state index is -3.46. The first-order chi connectivity index (χ1) is 8.00. The van der Waals surface area contributed by atoms with Gasteiger partial charge in [-0.25, -0.2) is 8.42 Å². The molecule has 1 aromatic rings. The van der Waals surface area contributed by atoms with Crippen molar-refractivity contribution in [1.82, 2.24) is 10.0 Å². The third kappa shape index (κ3) is 2.80. The number of nitrogens with zero attached hydrogens (tertiary/aromatic N) is 1. The van der Waals surface area contributed by atoms with Crippen LogP contribution >= 0.6 is 11.6 Å². The van der Waals surface area contributed by atoms with Crippen molar-refractivity contribution in [1.29, 1.82) is 0 Å². The quantitative estimate of drug-likeness (QED) is 0.825. The number of nitrogens with one attached hydrogen (secondary N) is 1. The van der Waals surface area contributed by atoms with Crippen molar-refractivity contribution in [2.75, 3.05) is 13.1 Å². The van der Waals surface area contributed by atoms with Crippen LogP contribution in [0.4, 0.5) is 0 Å². The van der Waals surface area contributed by atoms with Crippen LogP contribution in [0.15, 0.2) is 29.2 Å². The van der Waals surface area contributed by atoms with Crippen molar-refractivity contribution in [3.05, 3.63) is 29.3 Å². The van der Waals surface area contributed by atoms with Crippen LogP contribution in [0.1, 0.15) is 12.8 Å². The second-order valence-electron chi connectivity index (χ2n) is 4.16. The predicted octanol–water partition coefficient (Wildman–Crippen LogP) is 1.78. The number of sulfonamides is 1. The van der Waals surface area contributed by atoms with E-state index in [0.29, 0.717) is 11.6 Å². The summed E-state index contributed by atoms with van der Waals surface area (Å²) in [5, 5.41) is 0.515. The molecule has 1 radical (unpaired) electrons. The maximum absolute atomic E-state index is 12.2. The largest absolute Gasteiger partial charge is 0.253 e. The maximum atomic E-state index is 12.2. The number of piperidine rings is 1. The summed E-state index contributed by atoms with van der Waals surface area (Å²) >= 11 is 5.73. The van der Waals surface area contributed by atoms with Crippen molar-refractivity contribution in [2.45, 2.75) is 23.8 Å². The third-order valence-corrected chi connectivity index (χ3v) is 4.97. The summed E-state index contributed by atoms with van der Waals surface area (Å²) in [4.78, 5) is 0.246. The molecule has 1 aromatic carbocycles. The fourth-order valence-electron chi connectivity index (χ4n) is 1.92. The highest BCUT2D eigenvalue weighted by molar-refractivity contribution is 7.89. The van der Waals surface area contributed by atoms with Crippen LogP contribution in [0.25, 0.3) is 0 Å². The Morgan fingerprint density at radius 3 is 2.53 bits per heavy atom. The van der Waals surface area contributed by atoms with Gasteiger partial charge in [0.15, 0.2) is 0 Å². The summed E-state index contributed by atoms with van der Waals surface area (Å²) < 4.78 is 25.9. The van der Waals surface area contributed by atoms with E-state index in [1.54, 1.807) is 12.1 Å². The summed E-state index contributed by atoms with van der Waals surface area (Å²) in [5.74, 6) is 0. The van der Waals surface area contributed by atoms with Gasteiger partial charge in [-0.15, -0.1) is 0 Å². The first-order valence-electron chi connectivity index (χ1n) is 5.47. The molecule has 0 bridgehead atoms. The smallest absolute Gasteiger partial charge is 0.243 e. The van der Waals surface area contributed by atoms with Crippen molar-refractivity contribution in [3.63, 3.8) is 0 Å². The second kappa shape index (κ2) is 4.94. The molecule has 0 spiro atoms. The van der Waals surface area contributed by atoms with Gasteiger partial charge >= 0.3 is 0 Å². The summed E-state index contributed by atoms with van der Waals surface area (Å²) in [6.45, 7) is 0.783. The van der Waals surface area contributed by atoms with Crippen LogP contribution in [-0.2, 0) is 10.0 Å². The van der Waals surface area contributed by atoms with Gasteiger partial charge in [-0.05, 0) is 37.1 Å². The molecule has 6 heteroatoms. The highest BCUT2D eigenvalue weighted by Gasteiger charge is 2.28. The molecule has 1 heterocycles. The Kier molecular flexibility index (Phi) is 3.73. The average molecular weight is 274 g/mol. The van der Waals surface area contributed by atoms with Gasteiger partial charge in [0.25, 0.3) is 0 Å². The van der Waals surface area contributed by atoms with Gasteiger partial charge in [0.05, 0.1) is 4.90 Å². The molecule has 1 fully saturated rings. The summed E-state index contributed by atoms with van der Waals surface area (Å²) in [6.07, 6.45) is 1.52. The zero-order chi connectivity index (χ0) is 12.5. The van der Waals surface area contributed by atoms with E-state index in [2.05, 4.69) is 0 Å². The van der Waals surface area contributed by atoms with Crippen LogP contribution in [0.2, 0.25) is 5.02 Å². The zero-order valence-electron chi connectivity index (χ0n) is 9.27. The fourth-order valence-corrected chi connectivity index (χ4v) is 3.57. The average Bonchev–Trinajstić information content (AvgIpc) is 2.29. The van der Waals surface area contributed by atoms with E-state index in [9.17, 15) is 8.42 Å². The number of hydrogen-bond acceptors (Lipinski definition) is 2. The number of halogens is 1. The number of rotatable bonds is 2. The van der Waals surface area contributed by atoms with E-state index >= 15 is 0 Å². The van der Waals surface area contributed by atoms with Crippen molar-refractivity contribution < 1.29 is 8.42 Å². The standard InChI is InChI=1S/C11H14ClN2O2S/c12-9-3-5-11(6-4-9)17(15,16)14-7-1-2-10(13)8-14/h3-6,10,13H,1-2,7-8H2. The molecule has 17 heavy (non-hydrogen) atoms. The minimum Gasteiger partial charge on any atom is -0.253 e. The molecule has 93 valence electrons. The Hall–Kier alpha value is -0.620. The van der Waals surface area contributed by atoms with E-state index < -0.39 is 10.0 Å². The maximum Gasteiger partial charge on any atom is 0.243 e. The molecule has 1 N–H and O–H groups in total. The Balaban J connectivity index is 2.26. The molecule has 1 saturated heterocycles. The van der Waals surface area contributed by atoms with E-state index in [1.165, 1.54) is 16.4 Å². The lowest BCUT2D eigenvalue weighted by Gasteiger charge is -2.29. The molecule has 0 amide bonds. The predicted molar refractivity (Wildman–Crippen MR) is 66.3 cm³/mol. The Morgan fingerprint density at radius 1 is 1.29 bits per heavy atom. The molecule has 0 aliphatic carbocycles. The highest BCUT2D eigenvalue weighted by Crippen LogP contribution is 2.21. The molecular formula is C11H14ClN2O2S. The normalized spacial score (nSPS) is 22.6. The van der Waals surface area contributed by atoms with Gasteiger partial charge in [0.1, 0.15) is 0 Å². The summed E-state index contributed by atoms with van der Waals surface area (Å²) in [6, 6.07) is 5.83. The van der Waals surface area contributed by atoms with Crippen LogP contribution in [0.3, 0.4) is 0 Å². The van der Waals surface area contributed by atoms with Gasteiger partial charge < -0.3 is 0 Å². The Morgan fingerprint density at radius 2 is 1.94 bits per heavy atom.